The average Bonchev–Trinajstić information content (AvgIpc) is 2.95. The van der Waals surface area contributed by atoms with E-state index in [1.807, 2.05) is 6.20 Å². The molecular formula is C17H25N3O. The van der Waals surface area contributed by atoms with Crippen molar-refractivity contribution in [3.8, 4) is 5.75 Å². The fourth-order valence-electron chi connectivity index (χ4n) is 3.38. The molecule has 1 aliphatic rings. The maximum absolute atomic E-state index is 6.36. The van der Waals surface area contributed by atoms with Crippen molar-refractivity contribution < 1.29 is 4.74 Å². The topological polar surface area (TPSA) is 41.1 Å². The maximum atomic E-state index is 6.36. The van der Waals surface area contributed by atoms with E-state index in [9.17, 15) is 0 Å². The lowest BCUT2D eigenvalue weighted by Crippen LogP contribution is -2.37. The smallest absolute Gasteiger partial charge is 0.123 e. The first-order chi connectivity index (χ1) is 10.1. The van der Waals surface area contributed by atoms with Crippen LogP contribution in [0.1, 0.15) is 36.8 Å². The molecule has 1 aromatic heterocycles. The highest BCUT2D eigenvalue weighted by Crippen LogP contribution is 2.32. The molecule has 0 spiro atoms. The van der Waals surface area contributed by atoms with Crippen molar-refractivity contribution in [1.29, 1.82) is 0 Å². The minimum absolute atomic E-state index is 0.327. The minimum Gasteiger partial charge on any atom is -0.490 e. The SMILES string of the molecule is Cc1c(O[C@H]2CCC[C@@H](N(C)C)C2)cc(C)c2[nH]ncc12. The molecule has 4 nitrogen and oxygen atoms in total. The number of ether oxygens (including phenoxy) is 1. The number of H-pyrrole nitrogens is 1. The first-order valence-electron chi connectivity index (χ1n) is 7.82. The molecule has 0 amide bonds. The van der Waals surface area contributed by atoms with E-state index in [1.54, 1.807) is 0 Å². The van der Waals surface area contributed by atoms with Crippen molar-refractivity contribution >= 4 is 10.9 Å². The zero-order valence-electron chi connectivity index (χ0n) is 13.4. The van der Waals surface area contributed by atoms with Gasteiger partial charge in [0.15, 0.2) is 0 Å². The van der Waals surface area contributed by atoms with Crippen LogP contribution in [-0.4, -0.2) is 41.3 Å². The molecule has 114 valence electrons. The molecule has 1 fully saturated rings. The van der Waals surface area contributed by atoms with Crippen molar-refractivity contribution in [3.05, 3.63) is 23.4 Å². The van der Waals surface area contributed by atoms with Crippen LogP contribution in [0.25, 0.3) is 10.9 Å². The third kappa shape index (κ3) is 2.77. The van der Waals surface area contributed by atoms with Crippen LogP contribution in [-0.2, 0) is 0 Å². The van der Waals surface area contributed by atoms with Gasteiger partial charge in [-0.1, -0.05) is 0 Å². The summed E-state index contributed by atoms with van der Waals surface area (Å²) in [6.45, 7) is 4.23. The lowest BCUT2D eigenvalue weighted by molar-refractivity contribution is 0.0998. The summed E-state index contributed by atoms with van der Waals surface area (Å²) < 4.78 is 6.36. The van der Waals surface area contributed by atoms with E-state index in [1.165, 1.54) is 29.4 Å². The Kier molecular flexibility index (Phi) is 3.89. The molecule has 0 unspecified atom stereocenters. The number of hydrogen-bond acceptors (Lipinski definition) is 3. The van der Waals surface area contributed by atoms with Crippen molar-refractivity contribution in [1.82, 2.24) is 15.1 Å². The van der Waals surface area contributed by atoms with Gasteiger partial charge in [-0.05, 0) is 65.3 Å². The Morgan fingerprint density at radius 1 is 1.29 bits per heavy atom. The largest absolute Gasteiger partial charge is 0.490 e. The van der Waals surface area contributed by atoms with Crippen molar-refractivity contribution in [2.24, 2.45) is 0 Å². The number of nitrogens with one attached hydrogen (secondary N) is 1. The van der Waals surface area contributed by atoms with E-state index in [-0.39, 0.29) is 0 Å². The third-order valence-corrected chi connectivity index (χ3v) is 4.78. The van der Waals surface area contributed by atoms with Gasteiger partial charge in [0.2, 0.25) is 0 Å². The Morgan fingerprint density at radius 2 is 2.10 bits per heavy atom. The number of aryl methyl sites for hydroxylation is 2. The zero-order chi connectivity index (χ0) is 15.0. The summed E-state index contributed by atoms with van der Waals surface area (Å²) in [5, 5.41) is 8.40. The number of rotatable bonds is 3. The Bertz CT molecular complexity index is 632. The van der Waals surface area contributed by atoms with E-state index in [4.69, 9.17) is 4.74 Å². The number of nitrogens with zero attached hydrogens (tertiary/aromatic N) is 2. The number of benzene rings is 1. The molecule has 2 aromatic rings. The second kappa shape index (κ2) is 5.68. The number of hydrogen-bond donors (Lipinski definition) is 1. The molecule has 4 heteroatoms. The lowest BCUT2D eigenvalue weighted by atomic mass is 9.92. The van der Waals surface area contributed by atoms with Gasteiger partial charge in [0.1, 0.15) is 11.9 Å². The highest BCUT2D eigenvalue weighted by molar-refractivity contribution is 5.86. The van der Waals surface area contributed by atoms with Gasteiger partial charge < -0.3 is 9.64 Å². The van der Waals surface area contributed by atoms with Crippen LogP contribution in [0.3, 0.4) is 0 Å². The van der Waals surface area contributed by atoms with Crippen LogP contribution in [0, 0.1) is 13.8 Å². The van der Waals surface area contributed by atoms with E-state index in [2.05, 4.69) is 49.1 Å². The summed E-state index contributed by atoms with van der Waals surface area (Å²) in [5.74, 6) is 1.02. The van der Waals surface area contributed by atoms with Gasteiger partial charge in [0.25, 0.3) is 0 Å². The van der Waals surface area contributed by atoms with Crippen LogP contribution in [0.5, 0.6) is 5.75 Å². The fraction of sp³-hybridized carbons (Fsp3) is 0.588. The maximum Gasteiger partial charge on any atom is 0.123 e. The van der Waals surface area contributed by atoms with Gasteiger partial charge in [-0.2, -0.15) is 5.10 Å². The Balaban J connectivity index is 1.83. The molecule has 1 heterocycles. The lowest BCUT2D eigenvalue weighted by Gasteiger charge is -2.33. The summed E-state index contributed by atoms with van der Waals surface area (Å²) in [6.07, 6.45) is 7.04. The highest BCUT2D eigenvalue weighted by atomic mass is 16.5. The molecule has 0 radical (unpaired) electrons. The molecule has 1 saturated carbocycles. The Hall–Kier alpha value is -1.55. The summed E-state index contributed by atoms with van der Waals surface area (Å²) >= 11 is 0. The first kappa shape index (κ1) is 14.4. The van der Waals surface area contributed by atoms with E-state index < -0.39 is 0 Å². The van der Waals surface area contributed by atoms with E-state index >= 15 is 0 Å². The molecule has 0 bridgehead atoms. The van der Waals surface area contributed by atoms with E-state index in [0.29, 0.717) is 12.1 Å². The molecule has 1 N–H and O–H groups in total. The molecular weight excluding hydrogens is 262 g/mol. The second-order valence-electron chi connectivity index (χ2n) is 6.50. The first-order valence-corrected chi connectivity index (χ1v) is 7.82. The molecule has 3 rings (SSSR count). The monoisotopic (exact) mass is 287 g/mol. The molecule has 0 saturated heterocycles. The molecule has 1 aromatic carbocycles. The third-order valence-electron chi connectivity index (χ3n) is 4.78. The van der Waals surface area contributed by atoms with Crippen LogP contribution in [0.15, 0.2) is 12.3 Å². The van der Waals surface area contributed by atoms with Gasteiger partial charge in [-0.3, -0.25) is 5.10 Å². The molecule has 2 atom stereocenters. The zero-order valence-corrected chi connectivity index (χ0v) is 13.4. The van der Waals surface area contributed by atoms with Crippen LogP contribution < -0.4 is 4.74 Å². The summed E-state index contributed by atoms with van der Waals surface area (Å²) in [6, 6.07) is 2.79. The standard InChI is InChI=1S/C17H25N3O/c1-11-8-16(12(2)15-10-18-19-17(11)15)21-14-7-5-6-13(9-14)20(3)4/h8,10,13-14H,5-7,9H2,1-4H3,(H,18,19)/t13-,14+/m1/s1. The normalized spacial score (nSPS) is 22.9. The van der Waals surface area contributed by atoms with Crippen molar-refractivity contribution in [3.63, 3.8) is 0 Å². The van der Waals surface area contributed by atoms with Gasteiger partial charge >= 0.3 is 0 Å². The molecule has 21 heavy (non-hydrogen) atoms. The molecule has 0 aliphatic heterocycles. The summed E-state index contributed by atoms with van der Waals surface area (Å²) in [7, 11) is 4.33. The predicted octanol–water partition coefficient (Wildman–Crippen LogP) is 3.43. The van der Waals surface area contributed by atoms with E-state index in [0.717, 1.165) is 24.1 Å². The van der Waals surface area contributed by atoms with Gasteiger partial charge in [0.05, 0.1) is 11.7 Å². The summed E-state index contributed by atoms with van der Waals surface area (Å²) in [4.78, 5) is 2.33. The van der Waals surface area contributed by atoms with Gasteiger partial charge in [-0.15, -0.1) is 0 Å². The number of aromatic nitrogens is 2. The second-order valence-corrected chi connectivity index (χ2v) is 6.50. The predicted molar refractivity (Wildman–Crippen MR) is 85.9 cm³/mol. The quantitative estimate of drug-likeness (QED) is 0.940. The number of fused-ring (bicyclic) bond motifs is 1. The van der Waals surface area contributed by atoms with Crippen molar-refractivity contribution in [2.75, 3.05) is 14.1 Å². The van der Waals surface area contributed by atoms with Crippen LogP contribution in [0.2, 0.25) is 0 Å². The summed E-state index contributed by atoms with van der Waals surface area (Å²) in [5.41, 5.74) is 3.51. The van der Waals surface area contributed by atoms with Crippen LogP contribution >= 0.6 is 0 Å². The Labute approximate surface area is 126 Å². The van der Waals surface area contributed by atoms with Gasteiger partial charge in [0, 0.05) is 17.0 Å². The number of aromatic amines is 1. The molecule has 1 aliphatic carbocycles. The van der Waals surface area contributed by atoms with Gasteiger partial charge in [-0.25, -0.2) is 0 Å². The highest BCUT2D eigenvalue weighted by Gasteiger charge is 2.25. The van der Waals surface area contributed by atoms with Crippen LogP contribution in [0.4, 0.5) is 0 Å². The Morgan fingerprint density at radius 3 is 2.86 bits per heavy atom. The fourth-order valence-corrected chi connectivity index (χ4v) is 3.38. The average molecular weight is 287 g/mol. The minimum atomic E-state index is 0.327. The van der Waals surface area contributed by atoms with Crippen molar-refractivity contribution in [2.45, 2.75) is 51.7 Å².